The number of benzene rings is 1. The lowest BCUT2D eigenvalue weighted by Gasteiger charge is -2.17. The summed E-state index contributed by atoms with van der Waals surface area (Å²) in [7, 11) is 1.30. The molecule has 1 heterocycles. The minimum absolute atomic E-state index is 0.208. The van der Waals surface area contributed by atoms with Crippen molar-refractivity contribution in [2.75, 3.05) is 7.11 Å². The number of hydrogen-bond donors (Lipinski definition) is 1. The molecule has 0 amide bonds. The molecule has 1 N–H and O–H groups in total. The Labute approximate surface area is 131 Å². The first-order chi connectivity index (χ1) is 10.0. The molecule has 0 bridgehead atoms. The van der Waals surface area contributed by atoms with Gasteiger partial charge in [-0.2, -0.15) is 4.98 Å². The van der Waals surface area contributed by atoms with Crippen LogP contribution in [0.1, 0.15) is 23.3 Å². The Balaban J connectivity index is 2.20. The molecule has 1 aromatic heterocycles. The molecule has 2 aromatic rings. The maximum Gasteiger partial charge on any atom is 0.327 e. The SMILES string of the molecule is COC(=O)[C@H](NCc1nc(C)no1)c1ccc(Cl)cc1Cl. The number of hydrogen-bond acceptors (Lipinski definition) is 6. The predicted molar refractivity (Wildman–Crippen MR) is 77.1 cm³/mol. The molecule has 0 saturated heterocycles. The number of aryl methyl sites for hydroxylation is 1. The Kier molecular flexibility index (Phi) is 5.17. The van der Waals surface area contributed by atoms with E-state index in [4.69, 9.17) is 32.5 Å². The highest BCUT2D eigenvalue weighted by Crippen LogP contribution is 2.27. The number of methoxy groups -OCH3 is 1. The summed E-state index contributed by atoms with van der Waals surface area (Å²) in [5.74, 6) is 0.410. The fraction of sp³-hybridized carbons (Fsp3) is 0.308. The van der Waals surface area contributed by atoms with E-state index >= 15 is 0 Å². The zero-order valence-corrected chi connectivity index (χ0v) is 12.9. The van der Waals surface area contributed by atoms with Crippen LogP contribution in [0.5, 0.6) is 0 Å². The van der Waals surface area contributed by atoms with Crippen LogP contribution in [-0.2, 0) is 16.1 Å². The van der Waals surface area contributed by atoms with Crippen molar-refractivity contribution < 1.29 is 14.1 Å². The molecule has 2 rings (SSSR count). The van der Waals surface area contributed by atoms with Crippen LogP contribution in [0.3, 0.4) is 0 Å². The van der Waals surface area contributed by atoms with Crippen molar-refractivity contribution in [3.63, 3.8) is 0 Å². The fourth-order valence-electron chi connectivity index (χ4n) is 1.77. The van der Waals surface area contributed by atoms with Gasteiger partial charge in [0.25, 0.3) is 0 Å². The van der Waals surface area contributed by atoms with Crippen molar-refractivity contribution in [3.8, 4) is 0 Å². The van der Waals surface area contributed by atoms with Gasteiger partial charge in [-0.05, 0) is 24.6 Å². The summed E-state index contributed by atoms with van der Waals surface area (Å²) in [5.41, 5.74) is 0.559. The molecule has 0 aliphatic carbocycles. The number of rotatable bonds is 5. The van der Waals surface area contributed by atoms with E-state index in [0.717, 1.165) is 0 Å². The maximum atomic E-state index is 11.9. The van der Waals surface area contributed by atoms with Crippen LogP contribution in [0.4, 0.5) is 0 Å². The van der Waals surface area contributed by atoms with Crippen LogP contribution in [0, 0.1) is 6.92 Å². The van der Waals surface area contributed by atoms with E-state index in [1.165, 1.54) is 7.11 Å². The Hall–Kier alpha value is -1.63. The van der Waals surface area contributed by atoms with E-state index in [2.05, 4.69) is 15.5 Å². The van der Waals surface area contributed by atoms with E-state index in [1.54, 1.807) is 25.1 Å². The number of nitrogens with zero attached hydrogens (tertiary/aromatic N) is 2. The molecule has 0 fully saturated rings. The first-order valence-electron chi connectivity index (χ1n) is 6.06. The molecule has 112 valence electrons. The number of nitrogens with one attached hydrogen (secondary N) is 1. The third kappa shape index (κ3) is 3.93. The average Bonchev–Trinajstić information content (AvgIpc) is 2.86. The molecule has 0 saturated carbocycles. The molecule has 1 atom stereocenters. The van der Waals surface area contributed by atoms with Crippen LogP contribution < -0.4 is 5.32 Å². The molecular formula is C13H13Cl2N3O3. The molecule has 6 nitrogen and oxygen atoms in total. The summed E-state index contributed by atoms with van der Waals surface area (Å²) < 4.78 is 9.77. The Morgan fingerprint density at radius 3 is 2.81 bits per heavy atom. The van der Waals surface area contributed by atoms with Crippen molar-refractivity contribution >= 4 is 29.2 Å². The third-order valence-electron chi connectivity index (χ3n) is 2.74. The first-order valence-corrected chi connectivity index (χ1v) is 6.82. The van der Waals surface area contributed by atoms with E-state index in [0.29, 0.717) is 27.3 Å². The highest BCUT2D eigenvalue weighted by Gasteiger charge is 2.24. The van der Waals surface area contributed by atoms with Crippen LogP contribution in [-0.4, -0.2) is 23.2 Å². The largest absolute Gasteiger partial charge is 0.468 e. The standard InChI is InChI=1S/C13H13Cl2N3O3/c1-7-17-11(21-18-7)6-16-12(13(19)20-2)9-4-3-8(14)5-10(9)15/h3-5,12,16H,6H2,1-2H3/t12-/m1/s1. The van der Waals surface area contributed by atoms with Crippen molar-refractivity contribution in [2.45, 2.75) is 19.5 Å². The van der Waals surface area contributed by atoms with Gasteiger partial charge in [-0.1, -0.05) is 34.4 Å². The van der Waals surface area contributed by atoms with E-state index in [-0.39, 0.29) is 6.54 Å². The van der Waals surface area contributed by atoms with Crippen molar-refractivity contribution in [3.05, 3.63) is 45.5 Å². The van der Waals surface area contributed by atoms with Gasteiger partial charge in [0.05, 0.1) is 13.7 Å². The van der Waals surface area contributed by atoms with Gasteiger partial charge in [0.2, 0.25) is 5.89 Å². The molecular weight excluding hydrogens is 317 g/mol. The fourth-order valence-corrected chi connectivity index (χ4v) is 2.29. The van der Waals surface area contributed by atoms with E-state index in [1.807, 2.05) is 0 Å². The minimum Gasteiger partial charge on any atom is -0.468 e. The van der Waals surface area contributed by atoms with Crippen LogP contribution >= 0.6 is 23.2 Å². The summed E-state index contributed by atoms with van der Waals surface area (Å²) in [6.45, 7) is 1.92. The van der Waals surface area contributed by atoms with E-state index in [9.17, 15) is 4.79 Å². The molecule has 0 spiro atoms. The lowest BCUT2D eigenvalue weighted by atomic mass is 10.1. The van der Waals surface area contributed by atoms with Crippen LogP contribution in [0.25, 0.3) is 0 Å². The van der Waals surface area contributed by atoms with Gasteiger partial charge in [-0.25, -0.2) is 4.79 Å². The zero-order valence-electron chi connectivity index (χ0n) is 11.4. The molecule has 0 aliphatic rings. The van der Waals surface area contributed by atoms with Gasteiger partial charge >= 0.3 is 5.97 Å². The quantitative estimate of drug-likeness (QED) is 0.850. The van der Waals surface area contributed by atoms with Gasteiger partial charge in [-0.15, -0.1) is 0 Å². The second-order valence-corrected chi connectivity index (χ2v) is 5.08. The summed E-state index contributed by atoms with van der Waals surface area (Å²) in [6, 6.07) is 4.12. The van der Waals surface area contributed by atoms with E-state index < -0.39 is 12.0 Å². The molecule has 8 heteroatoms. The van der Waals surface area contributed by atoms with Crippen LogP contribution in [0.2, 0.25) is 10.0 Å². The van der Waals surface area contributed by atoms with Gasteiger partial charge < -0.3 is 9.26 Å². The normalized spacial score (nSPS) is 12.2. The van der Waals surface area contributed by atoms with Crippen molar-refractivity contribution in [1.82, 2.24) is 15.5 Å². The van der Waals surface area contributed by atoms with Crippen molar-refractivity contribution in [1.29, 1.82) is 0 Å². The van der Waals surface area contributed by atoms with Gasteiger partial charge in [0.15, 0.2) is 5.82 Å². The lowest BCUT2D eigenvalue weighted by Crippen LogP contribution is -2.29. The number of halogens is 2. The number of aromatic nitrogens is 2. The molecule has 21 heavy (non-hydrogen) atoms. The number of carbonyl (C=O) groups is 1. The monoisotopic (exact) mass is 329 g/mol. The maximum absolute atomic E-state index is 11.9. The smallest absolute Gasteiger partial charge is 0.327 e. The highest BCUT2D eigenvalue weighted by atomic mass is 35.5. The van der Waals surface area contributed by atoms with Gasteiger partial charge in [0, 0.05) is 10.0 Å². The minimum atomic E-state index is -0.757. The van der Waals surface area contributed by atoms with Gasteiger partial charge in [0.1, 0.15) is 6.04 Å². The predicted octanol–water partition coefficient (Wildman–Crippen LogP) is 2.69. The molecule has 1 aromatic carbocycles. The first kappa shape index (κ1) is 15.8. The lowest BCUT2D eigenvalue weighted by molar-refractivity contribution is -0.143. The summed E-state index contributed by atoms with van der Waals surface area (Å²) in [5, 5.41) is 7.51. The second kappa shape index (κ2) is 6.89. The number of carbonyl (C=O) groups excluding carboxylic acids is 1. The highest BCUT2D eigenvalue weighted by molar-refractivity contribution is 6.35. The summed E-state index contributed by atoms with van der Waals surface area (Å²) >= 11 is 12.0. The molecule has 0 radical (unpaired) electrons. The summed E-state index contributed by atoms with van der Waals surface area (Å²) in [4.78, 5) is 16.0. The summed E-state index contributed by atoms with van der Waals surface area (Å²) in [6.07, 6.45) is 0. The van der Waals surface area contributed by atoms with Crippen LogP contribution in [0.15, 0.2) is 22.7 Å². The molecule has 0 aliphatic heterocycles. The number of esters is 1. The molecule has 0 unspecified atom stereocenters. The van der Waals surface area contributed by atoms with Crippen molar-refractivity contribution in [2.24, 2.45) is 0 Å². The Morgan fingerprint density at radius 1 is 1.48 bits per heavy atom. The topological polar surface area (TPSA) is 77.2 Å². The second-order valence-electron chi connectivity index (χ2n) is 4.24. The average molecular weight is 330 g/mol. The Morgan fingerprint density at radius 2 is 2.24 bits per heavy atom. The number of ether oxygens (including phenoxy) is 1. The van der Waals surface area contributed by atoms with Gasteiger partial charge in [-0.3, -0.25) is 5.32 Å². The third-order valence-corrected chi connectivity index (χ3v) is 3.30. The zero-order chi connectivity index (χ0) is 15.4. The Bertz CT molecular complexity index is 645.